The lowest BCUT2D eigenvalue weighted by Gasteiger charge is -2.35. The molecule has 118 valence electrons. The zero-order valence-electron chi connectivity index (χ0n) is 12.7. The predicted octanol–water partition coefficient (Wildman–Crippen LogP) is 0.0142. The SMILES string of the molecule is COc1ccc(CN2CCN(S(=O)(=O)N(C)C)CC2)cn1. The molecule has 0 bridgehead atoms. The molecule has 0 spiro atoms. The third-order valence-corrected chi connectivity index (χ3v) is 5.47. The van der Waals surface area contributed by atoms with Crippen molar-refractivity contribution < 1.29 is 13.2 Å². The normalized spacial score (nSPS) is 18.1. The van der Waals surface area contributed by atoms with Crippen LogP contribution >= 0.6 is 0 Å². The van der Waals surface area contributed by atoms with Crippen LogP contribution in [-0.2, 0) is 16.8 Å². The van der Waals surface area contributed by atoms with E-state index in [-0.39, 0.29) is 0 Å². The van der Waals surface area contributed by atoms with E-state index >= 15 is 0 Å². The average molecular weight is 314 g/mol. The van der Waals surface area contributed by atoms with Crippen molar-refractivity contribution in [2.75, 3.05) is 47.4 Å². The molecule has 0 atom stereocenters. The molecule has 0 aliphatic carbocycles. The van der Waals surface area contributed by atoms with Gasteiger partial charge in [0, 0.05) is 59.1 Å². The van der Waals surface area contributed by atoms with Crippen LogP contribution in [0.2, 0.25) is 0 Å². The summed E-state index contributed by atoms with van der Waals surface area (Å²) in [7, 11) is 1.42. The van der Waals surface area contributed by atoms with E-state index in [1.54, 1.807) is 27.4 Å². The lowest BCUT2D eigenvalue weighted by molar-refractivity contribution is 0.177. The summed E-state index contributed by atoms with van der Waals surface area (Å²) in [6, 6.07) is 3.82. The first-order valence-corrected chi connectivity index (χ1v) is 8.22. The zero-order valence-corrected chi connectivity index (χ0v) is 13.5. The third kappa shape index (κ3) is 3.91. The Morgan fingerprint density at radius 2 is 1.90 bits per heavy atom. The Morgan fingerprint density at radius 3 is 2.38 bits per heavy atom. The number of nitrogens with zero attached hydrogens (tertiary/aromatic N) is 4. The van der Waals surface area contributed by atoms with Crippen molar-refractivity contribution in [1.82, 2.24) is 18.5 Å². The van der Waals surface area contributed by atoms with Crippen molar-refractivity contribution in [1.29, 1.82) is 0 Å². The van der Waals surface area contributed by atoms with Crippen LogP contribution in [0.4, 0.5) is 0 Å². The van der Waals surface area contributed by atoms with E-state index in [1.807, 2.05) is 12.1 Å². The minimum atomic E-state index is -3.29. The molecule has 0 unspecified atom stereocenters. The first-order chi connectivity index (χ1) is 9.93. The van der Waals surface area contributed by atoms with Gasteiger partial charge in [-0.25, -0.2) is 4.98 Å². The van der Waals surface area contributed by atoms with Crippen LogP contribution in [0.3, 0.4) is 0 Å². The van der Waals surface area contributed by atoms with E-state index < -0.39 is 10.2 Å². The van der Waals surface area contributed by atoms with E-state index in [0.29, 0.717) is 19.0 Å². The van der Waals surface area contributed by atoms with Gasteiger partial charge in [0.2, 0.25) is 5.88 Å². The van der Waals surface area contributed by atoms with Gasteiger partial charge in [0.05, 0.1) is 7.11 Å². The van der Waals surface area contributed by atoms with Crippen molar-refractivity contribution >= 4 is 10.2 Å². The average Bonchev–Trinajstić information content (AvgIpc) is 2.48. The van der Waals surface area contributed by atoms with Crippen LogP contribution in [0, 0.1) is 0 Å². The molecule has 0 N–H and O–H groups in total. The van der Waals surface area contributed by atoms with Crippen LogP contribution in [0.1, 0.15) is 5.56 Å². The highest BCUT2D eigenvalue weighted by Crippen LogP contribution is 2.13. The molecule has 1 saturated heterocycles. The lowest BCUT2D eigenvalue weighted by atomic mass is 10.2. The van der Waals surface area contributed by atoms with Gasteiger partial charge in [-0.1, -0.05) is 6.07 Å². The van der Waals surface area contributed by atoms with Crippen LogP contribution in [0.15, 0.2) is 18.3 Å². The molecule has 7 nitrogen and oxygen atoms in total. The smallest absolute Gasteiger partial charge is 0.281 e. The monoisotopic (exact) mass is 314 g/mol. The maximum atomic E-state index is 12.0. The van der Waals surface area contributed by atoms with Gasteiger partial charge in [-0.2, -0.15) is 17.0 Å². The first-order valence-electron chi connectivity index (χ1n) is 6.82. The summed E-state index contributed by atoms with van der Waals surface area (Å²) in [5, 5.41) is 0. The van der Waals surface area contributed by atoms with Gasteiger partial charge in [0.1, 0.15) is 0 Å². The number of methoxy groups -OCH3 is 1. The summed E-state index contributed by atoms with van der Waals surface area (Å²) >= 11 is 0. The molecule has 8 heteroatoms. The quantitative estimate of drug-likeness (QED) is 0.766. The number of hydrogen-bond donors (Lipinski definition) is 0. The molecule has 0 radical (unpaired) electrons. The summed E-state index contributed by atoms with van der Waals surface area (Å²) in [6.07, 6.45) is 1.79. The highest BCUT2D eigenvalue weighted by atomic mass is 32.2. The number of ether oxygens (including phenoxy) is 1. The Balaban J connectivity index is 1.89. The summed E-state index contributed by atoms with van der Waals surface area (Å²) in [6.45, 7) is 3.25. The van der Waals surface area contributed by atoms with Crippen molar-refractivity contribution in [3.8, 4) is 5.88 Å². The van der Waals surface area contributed by atoms with E-state index in [1.165, 1.54) is 8.61 Å². The van der Waals surface area contributed by atoms with Crippen LogP contribution < -0.4 is 4.74 Å². The Bertz CT molecular complexity index is 551. The fraction of sp³-hybridized carbons (Fsp3) is 0.615. The van der Waals surface area contributed by atoms with Crippen LogP contribution in [0.25, 0.3) is 0 Å². The summed E-state index contributed by atoms with van der Waals surface area (Å²) in [5.74, 6) is 0.598. The fourth-order valence-corrected chi connectivity index (χ4v) is 3.32. The molecular formula is C13H22N4O3S. The molecule has 1 aliphatic heterocycles. The standard InChI is InChI=1S/C13H22N4O3S/c1-15(2)21(18,19)17-8-6-16(7-9-17)11-12-4-5-13(20-3)14-10-12/h4-5,10H,6-9,11H2,1-3H3. The van der Waals surface area contributed by atoms with E-state index in [2.05, 4.69) is 9.88 Å². The number of hydrogen-bond acceptors (Lipinski definition) is 5. The Labute approximate surface area is 126 Å². The molecule has 0 aromatic carbocycles. The molecule has 21 heavy (non-hydrogen) atoms. The maximum Gasteiger partial charge on any atom is 0.281 e. The van der Waals surface area contributed by atoms with Crippen LogP contribution in [-0.4, -0.2) is 74.3 Å². The van der Waals surface area contributed by atoms with Gasteiger partial charge in [-0.3, -0.25) is 4.90 Å². The topological polar surface area (TPSA) is 66.0 Å². The van der Waals surface area contributed by atoms with E-state index in [0.717, 1.165) is 25.2 Å². The number of piperazine rings is 1. The molecule has 0 amide bonds. The Hall–Kier alpha value is -1.22. The Kier molecular flexibility index (Phi) is 5.15. The molecular weight excluding hydrogens is 292 g/mol. The second-order valence-electron chi connectivity index (χ2n) is 5.17. The molecule has 2 rings (SSSR count). The maximum absolute atomic E-state index is 12.0. The van der Waals surface area contributed by atoms with Crippen molar-refractivity contribution in [2.24, 2.45) is 0 Å². The first kappa shape index (κ1) is 16.2. The Morgan fingerprint density at radius 1 is 1.24 bits per heavy atom. The fourth-order valence-electron chi connectivity index (χ4n) is 2.23. The lowest BCUT2D eigenvalue weighted by Crippen LogP contribution is -2.51. The van der Waals surface area contributed by atoms with Crippen molar-refractivity contribution in [2.45, 2.75) is 6.54 Å². The highest BCUT2D eigenvalue weighted by Gasteiger charge is 2.28. The zero-order chi connectivity index (χ0) is 15.5. The van der Waals surface area contributed by atoms with E-state index in [4.69, 9.17) is 4.74 Å². The highest BCUT2D eigenvalue weighted by molar-refractivity contribution is 7.86. The predicted molar refractivity (Wildman–Crippen MR) is 80.2 cm³/mol. The minimum Gasteiger partial charge on any atom is -0.481 e. The third-order valence-electron chi connectivity index (χ3n) is 3.53. The number of rotatable bonds is 5. The van der Waals surface area contributed by atoms with Gasteiger partial charge in [-0.15, -0.1) is 0 Å². The van der Waals surface area contributed by atoms with E-state index in [9.17, 15) is 8.42 Å². The molecule has 1 aromatic rings. The van der Waals surface area contributed by atoms with Crippen molar-refractivity contribution in [3.63, 3.8) is 0 Å². The largest absolute Gasteiger partial charge is 0.481 e. The van der Waals surface area contributed by atoms with Gasteiger partial charge >= 0.3 is 0 Å². The summed E-state index contributed by atoms with van der Waals surface area (Å²) in [5.41, 5.74) is 1.10. The molecule has 1 aliphatic rings. The second-order valence-corrected chi connectivity index (χ2v) is 7.32. The number of aromatic nitrogens is 1. The summed E-state index contributed by atoms with van der Waals surface area (Å²) < 4.78 is 31.9. The van der Waals surface area contributed by atoms with Gasteiger partial charge in [0.15, 0.2) is 0 Å². The molecule has 2 heterocycles. The van der Waals surface area contributed by atoms with Crippen molar-refractivity contribution in [3.05, 3.63) is 23.9 Å². The molecule has 0 saturated carbocycles. The molecule has 1 fully saturated rings. The molecule has 1 aromatic heterocycles. The van der Waals surface area contributed by atoms with Crippen LogP contribution in [0.5, 0.6) is 5.88 Å². The number of pyridine rings is 1. The van der Waals surface area contributed by atoms with Gasteiger partial charge in [0.25, 0.3) is 10.2 Å². The van der Waals surface area contributed by atoms with Gasteiger partial charge in [-0.05, 0) is 5.56 Å². The second kappa shape index (κ2) is 6.69. The van der Waals surface area contributed by atoms with Gasteiger partial charge < -0.3 is 4.74 Å². The minimum absolute atomic E-state index is 0.518. The summed E-state index contributed by atoms with van der Waals surface area (Å²) in [4.78, 5) is 6.41.